The third kappa shape index (κ3) is 19.9. The van der Waals surface area contributed by atoms with E-state index in [-0.39, 0.29) is 83.0 Å². The number of likely N-dealkylation sites (tertiary alicyclic amines) is 1. The maximum Gasteiger partial charge on any atom is 0.426 e. The molecule has 5 N–H and O–H groups in total. The normalized spacial score (nSPS) is 16.0. The zero-order valence-electron chi connectivity index (χ0n) is 43.7. The number of aromatic nitrogens is 2. The van der Waals surface area contributed by atoms with Crippen molar-refractivity contribution in [2.75, 3.05) is 32.7 Å². The highest BCUT2D eigenvalue weighted by atomic mass is 33.1. The Balaban J connectivity index is 1.49. The van der Waals surface area contributed by atoms with Crippen LogP contribution in [0.4, 0.5) is 10.5 Å². The second-order valence-electron chi connectivity index (χ2n) is 18.7. The molecule has 0 spiro atoms. The van der Waals surface area contributed by atoms with Crippen LogP contribution in [0.25, 0.3) is 0 Å². The maximum atomic E-state index is 14.9. The molecular formula is C50H71N9O13S3. The number of phenols is 1. The number of phenolic OH excluding ortho intramolecular Hbond substituents is 1. The van der Waals surface area contributed by atoms with Crippen molar-refractivity contribution in [3.05, 3.63) is 74.4 Å². The molecule has 4 rings (SSSR count). The van der Waals surface area contributed by atoms with Gasteiger partial charge >= 0.3 is 23.7 Å². The van der Waals surface area contributed by atoms with Gasteiger partial charge in [0, 0.05) is 61.2 Å². The summed E-state index contributed by atoms with van der Waals surface area (Å²) in [6.07, 6.45) is 3.41. The number of nitrogens with one attached hydrogen (secondary N) is 4. The number of carbonyl (C=O) groups is 7. The number of benzene rings is 1. The highest BCUT2D eigenvalue weighted by Crippen LogP contribution is 2.35. The summed E-state index contributed by atoms with van der Waals surface area (Å²) in [5.41, 5.74) is 5.09. The number of carbonyl (C=O) groups excluding carboxylic acids is 7. The molecule has 1 unspecified atom stereocenters. The van der Waals surface area contributed by atoms with E-state index < -0.39 is 83.6 Å². The van der Waals surface area contributed by atoms with Crippen molar-refractivity contribution in [1.29, 1.82) is 0 Å². The van der Waals surface area contributed by atoms with E-state index in [0.29, 0.717) is 19.3 Å². The fourth-order valence-corrected chi connectivity index (χ4v) is 10.9. The molecule has 75 heavy (non-hydrogen) atoms. The third-order valence-corrected chi connectivity index (χ3v) is 15.7. The lowest BCUT2D eigenvalue weighted by Gasteiger charge is -2.39. The van der Waals surface area contributed by atoms with E-state index >= 15 is 0 Å². The first kappa shape index (κ1) is 61.5. The Kier molecular flexibility index (Phi) is 25.5. The van der Waals surface area contributed by atoms with Crippen LogP contribution in [0.5, 0.6) is 5.75 Å². The van der Waals surface area contributed by atoms with Gasteiger partial charge in [0.1, 0.15) is 29.1 Å². The van der Waals surface area contributed by atoms with Crippen molar-refractivity contribution in [2.45, 2.75) is 142 Å². The van der Waals surface area contributed by atoms with Crippen molar-refractivity contribution in [3.8, 4) is 5.75 Å². The molecule has 1 fully saturated rings. The van der Waals surface area contributed by atoms with Gasteiger partial charge in [-0.05, 0) is 92.1 Å². The van der Waals surface area contributed by atoms with Gasteiger partial charge in [0.25, 0.3) is 5.91 Å². The summed E-state index contributed by atoms with van der Waals surface area (Å²) in [6, 6.07) is 6.33. The summed E-state index contributed by atoms with van der Waals surface area (Å²) in [4.78, 5) is 117. The molecule has 5 amide bonds. The fraction of sp³-hybridized carbons (Fsp3) is 0.580. The molecule has 3 aromatic rings. The molecule has 0 radical (unpaired) electrons. The summed E-state index contributed by atoms with van der Waals surface area (Å²) in [5, 5.41) is 29.1. The molecule has 0 bridgehead atoms. The Morgan fingerprint density at radius 2 is 1.73 bits per heavy atom. The van der Waals surface area contributed by atoms with E-state index in [0.717, 1.165) is 47.1 Å². The average molecular weight is 1100 g/mol. The number of nitrogens with zero attached hydrogens (tertiary/aromatic N) is 5. The van der Waals surface area contributed by atoms with Gasteiger partial charge in [0.05, 0.1) is 11.0 Å². The number of pyridine rings is 1. The molecule has 1 aliphatic rings. The zero-order chi connectivity index (χ0) is 55.2. The molecule has 412 valence electrons. The van der Waals surface area contributed by atoms with Crippen molar-refractivity contribution in [1.82, 2.24) is 41.3 Å². The third-order valence-electron chi connectivity index (χ3n) is 12.5. The molecule has 1 saturated heterocycles. The van der Waals surface area contributed by atoms with Gasteiger partial charge in [-0.15, -0.1) is 11.3 Å². The Morgan fingerprint density at radius 3 is 2.39 bits per heavy atom. The number of hydrazine groups is 1. The molecule has 0 aliphatic carbocycles. The number of thiazole rings is 1. The van der Waals surface area contributed by atoms with Crippen LogP contribution in [0.15, 0.2) is 53.0 Å². The minimum Gasteiger partial charge on any atom is -0.508 e. The van der Waals surface area contributed by atoms with E-state index in [4.69, 9.17) is 14.2 Å². The summed E-state index contributed by atoms with van der Waals surface area (Å²) >= 11 is 1.06. The number of aromatic hydroxyl groups is 1. The summed E-state index contributed by atoms with van der Waals surface area (Å²) in [6.45, 7) is 12.5. The topological polar surface area (TPSA) is 291 Å². The average Bonchev–Trinajstić information content (AvgIpc) is 3.88. The van der Waals surface area contributed by atoms with E-state index in [2.05, 4.69) is 31.5 Å². The number of nitro groups is 1. The van der Waals surface area contributed by atoms with Crippen LogP contribution < -0.4 is 21.5 Å². The molecule has 7 atom stereocenters. The number of amides is 5. The molecule has 1 aromatic carbocycles. The highest BCUT2D eigenvalue weighted by molar-refractivity contribution is 8.76. The van der Waals surface area contributed by atoms with Crippen molar-refractivity contribution >= 4 is 80.3 Å². The van der Waals surface area contributed by atoms with E-state index in [1.807, 2.05) is 46.6 Å². The Bertz CT molecular complexity index is 2400. The summed E-state index contributed by atoms with van der Waals surface area (Å²) in [5.74, 6) is -4.18. The summed E-state index contributed by atoms with van der Waals surface area (Å²) in [7, 11) is 4.14. The Morgan fingerprint density at radius 1 is 1.00 bits per heavy atom. The van der Waals surface area contributed by atoms with Gasteiger partial charge in [0.2, 0.25) is 17.7 Å². The minimum atomic E-state index is -1.07. The second kappa shape index (κ2) is 31.1. The molecular weight excluding hydrogens is 1030 g/mol. The van der Waals surface area contributed by atoms with Gasteiger partial charge in [0.15, 0.2) is 17.9 Å². The van der Waals surface area contributed by atoms with Gasteiger partial charge in [-0.3, -0.25) is 49.2 Å². The monoisotopic (exact) mass is 1100 g/mol. The van der Waals surface area contributed by atoms with Gasteiger partial charge in [-0.2, -0.15) is 0 Å². The van der Waals surface area contributed by atoms with Gasteiger partial charge < -0.3 is 34.9 Å². The number of ether oxygens (including phenoxy) is 3. The Labute approximate surface area is 449 Å². The number of hydrogen-bond acceptors (Lipinski definition) is 19. The minimum absolute atomic E-state index is 0.0100. The number of esters is 2. The largest absolute Gasteiger partial charge is 0.508 e. The van der Waals surface area contributed by atoms with Crippen molar-refractivity contribution in [2.24, 2.45) is 17.8 Å². The molecule has 25 heteroatoms. The van der Waals surface area contributed by atoms with Crippen molar-refractivity contribution < 1.29 is 57.8 Å². The maximum absolute atomic E-state index is 14.9. The summed E-state index contributed by atoms with van der Waals surface area (Å²) < 4.78 is 16.7. The van der Waals surface area contributed by atoms with E-state index in [9.17, 15) is 48.8 Å². The van der Waals surface area contributed by atoms with Crippen LogP contribution in [0.1, 0.15) is 127 Å². The zero-order valence-corrected chi connectivity index (χ0v) is 46.2. The molecule has 2 aromatic heterocycles. The first-order chi connectivity index (χ1) is 35.7. The molecule has 3 heterocycles. The number of rotatable bonds is 28. The predicted molar refractivity (Wildman–Crippen MR) is 283 cm³/mol. The fourth-order valence-electron chi connectivity index (χ4n) is 8.20. The van der Waals surface area contributed by atoms with Crippen LogP contribution in [-0.4, -0.2) is 128 Å². The van der Waals surface area contributed by atoms with Gasteiger partial charge in [-0.25, -0.2) is 20.2 Å². The number of piperidine rings is 1. The quantitative estimate of drug-likeness (QED) is 0.00941. The predicted octanol–water partition coefficient (Wildman–Crippen LogP) is 6.88. The lowest BCUT2D eigenvalue weighted by atomic mass is 9.92. The lowest BCUT2D eigenvalue weighted by molar-refractivity contribution is -0.388. The van der Waals surface area contributed by atoms with Gasteiger partial charge in [-0.1, -0.05) is 77.3 Å². The van der Waals surface area contributed by atoms with Crippen LogP contribution in [-0.2, 0) is 44.6 Å². The molecule has 22 nitrogen and oxygen atoms in total. The molecule has 1 aliphatic heterocycles. The highest BCUT2D eigenvalue weighted by Gasteiger charge is 2.39. The van der Waals surface area contributed by atoms with Crippen LogP contribution >= 0.6 is 32.9 Å². The van der Waals surface area contributed by atoms with E-state index in [1.165, 1.54) is 58.5 Å². The van der Waals surface area contributed by atoms with Crippen LogP contribution in [0.2, 0.25) is 0 Å². The molecule has 0 saturated carbocycles. The Hall–Kier alpha value is -6.05. The van der Waals surface area contributed by atoms with E-state index in [1.54, 1.807) is 19.1 Å². The van der Waals surface area contributed by atoms with Crippen LogP contribution in [0, 0.1) is 27.9 Å². The number of hydrogen-bond donors (Lipinski definition) is 5. The SMILES string of the molecule is CCCC(=O)OCN(C(=O)[C@@H](NC(=O)[C@H]1CCCCN1C)C(C)CC)[C@H](C[C@@H](OC(C)=O)c1nc(C(=O)N[C@@H](Cc2ccc(O)cc2)C[C@H](C)C(=O)NNC(=O)OCCSSc2ncccc2[N+](=O)[O-])cs1)C(C)C. The van der Waals surface area contributed by atoms with Crippen LogP contribution in [0.3, 0.4) is 0 Å². The van der Waals surface area contributed by atoms with Crippen molar-refractivity contribution in [3.63, 3.8) is 0 Å². The second-order valence-corrected chi connectivity index (χ2v) is 22.0. The first-order valence-electron chi connectivity index (χ1n) is 25.0. The lowest BCUT2D eigenvalue weighted by Crippen LogP contribution is -2.59. The number of likely N-dealkylation sites (N-methyl/N-ethyl adjacent to an activating group) is 1. The smallest absolute Gasteiger partial charge is 0.426 e. The first-order valence-corrected chi connectivity index (χ1v) is 28.2. The standard InChI is InChI=1S/C50H71N9O13S3/c1-9-14-42(62)71-29-58(49(66)43(31(5)10-2)54-46(65)38-15-11-12-22-57(38)8)40(30(3)4)27-41(72-33(7)60)48-53-37(28-73-48)45(64)52-35(26-34-17-19-36(61)20-18-34)25-32(6)44(63)55-56-50(67)70-23-24-74-75-47-39(59(68)69)16-13-21-51-47/h13,16-21,28,30-32,35,38,40-41,43,61H,9-12,14-15,22-27,29H2,1-8H3,(H,52,64)(H,54,65)(H,55,63)(H,56,67)/t31?,32-,35+,38+,40+,41+,43-/m0/s1.